The van der Waals surface area contributed by atoms with Crippen molar-refractivity contribution in [1.29, 1.82) is 0 Å². The SMILES string of the molecule is COc1ccc(-c2ccc(Cl)cc2)c(COc2ccc(-c3cc4cc(C(=O)O)ccc4n3C3CCCCC3)cc2)c1. The maximum Gasteiger partial charge on any atom is 0.335 e. The van der Waals surface area contributed by atoms with E-state index in [9.17, 15) is 9.90 Å². The summed E-state index contributed by atoms with van der Waals surface area (Å²) in [6.07, 6.45) is 5.97. The fourth-order valence-corrected chi connectivity index (χ4v) is 6.06. The molecule has 0 spiro atoms. The van der Waals surface area contributed by atoms with Gasteiger partial charge in [0.2, 0.25) is 0 Å². The van der Waals surface area contributed by atoms with Crippen LogP contribution in [-0.4, -0.2) is 22.8 Å². The summed E-state index contributed by atoms with van der Waals surface area (Å²) in [5.74, 6) is 0.640. The Morgan fingerprint density at radius 1 is 0.854 bits per heavy atom. The van der Waals surface area contributed by atoms with Gasteiger partial charge in [-0.2, -0.15) is 0 Å². The minimum absolute atomic E-state index is 0.309. The molecule has 1 aromatic heterocycles. The van der Waals surface area contributed by atoms with Gasteiger partial charge in [-0.25, -0.2) is 4.79 Å². The Kier molecular flexibility index (Phi) is 7.71. The van der Waals surface area contributed by atoms with Crippen molar-refractivity contribution >= 4 is 28.5 Å². The van der Waals surface area contributed by atoms with Gasteiger partial charge >= 0.3 is 5.97 Å². The fraction of sp³-hybridized carbons (Fsp3) is 0.229. The predicted octanol–water partition coefficient (Wildman–Crippen LogP) is 9.42. The molecule has 0 saturated heterocycles. The summed E-state index contributed by atoms with van der Waals surface area (Å²) in [4.78, 5) is 11.6. The predicted molar refractivity (Wildman–Crippen MR) is 164 cm³/mol. The lowest BCUT2D eigenvalue weighted by molar-refractivity contribution is 0.0697. The minimum Gasteiger partial charge on any atom is -0.497 e. The van der Waals surface area contributed by atoms with Gasteiger partial charge in [0, 0.05) is 33.2 Å². The van der Waals surface area contributed by atoms with Crippen LogP contribution in [0.15, 0.2) is 91.0 Å². The molecule has 4 aromatic carbocycles. The first-order chi connectivity index (χ1) is 20.0. The van der Waals surface area contributed by atoms with Crippen LogP contribution in [0.2, 0.25) is 5.02 Å². The zero-order valence-corrected chi connectivity index (χ0v) is 23.7. The fourth-order valence-electron chi connectivity index (χ4n) is 5.93. The highest BCUT2D eigenvalue weighted by atomic mass is 35.5. The largest absolute Gasteiger partial charge is 0.497 e. The highest BCUT2D eigenvalue weighted by Gasteiger charge is 2.22. The molecule has 5 aromatic rings. The van der Waals surface area contributed by atoms with Crippen LogP contribution in [-0.2, 0) is 6.61 Å². The molecule has 6 rings (SSSR count). The molecule has 1 saturated carbocycles. The summed E-state index contributed by atoms with van der Waals surface area (Å²) in [6.45, 7) is 0.384. The van der Waals surface area contributed by atoms with Crippen LogP contribution in [0.5, 0.6) is 11.5 Å². The molecular formula is C35H32ClNO4. The van der Waals surface area contributed by atoms with E-state index >= 15 is 0 Å². The minimum atomic E-state index is -0.907. The molecule has 5 nitrogen and oxygen atoms in total. The van der Waals surface area contributed by atoms with Crippen molar-refractivity contribution in [3.05, 3.63) is 107 Å². The summed E-state index contributed by atoms with van der Waals surface area (Å²) in [6, 6.07) is 30.0. The highest BCUT2D eigenvalue weighted by molar-refractivity contribution is 6.30. The number of carbonyl (C=O) groups is 1. The van der Waals surface area contributed by atoms with Gasteiger partial charge in [0.15, 0.2) is 0 Å². The summed E-state index contributed by atoms with van der Waals surface area (Å²) in [7, 11) is 1.66. The number of fused-ring (bicyclic) bond motifs is 1. The van der Waals surface area contributed by atoms with E-state index in [0.717, 1.165) is 63.2 Å². The zero-order valence-electron chi connectivity index (χ0n) is 23.0. The molecule has 0 unspecified atom stereocenters. The monoisotopic (exact) mass is 565 g/mol. The Balaban J connectivity index is 1.29. The van der Waals surface area contributed by atoms with Crippen molar-refractivity contribution in [2.24, 2.45) is 0 Å². The van der Waals surface area contributed by atoms with Gasteiger partial charge in [0.05, 0.1) is 12.7 Å². The number of rotatable bonds is 8. The number of methoxy groups -OCH3 is 1. The number of carboxylic acid groups (broad SMARTS) is 1. The normalized spacial score (nSPS) is 13.8. The topological polar surface area (TPSA) is 60.7 Å². The van der Waals surface area contributed by atoms with Crippen molar-refractivity contribution < 1.29 is 19.4 Å². The smallest absolute Gasteiger partial charge is 0.335 e. The molecule has 1 aliphatic carbocycles. The Morgan fingerprint density at radius 3 is 2.27 bits per heavy atom. The lowest BCUT2D eigenvalue weighted by atomic mass is 9.94. The maximum atomic E-state index is 11.6. The molecule has 0 amide bonds. The van der Waals surface area contributed by atoms with Gasteiger partial charge in [0.1, 0.15) is 18.1 Å². The first-order valence-corrected chi connectivity index (χ1v) is 14.4. The summed E-state index contributed by atoms with van der Waals surface area (Å²) in [5, 5.41) is 11.2. The third-order valence-corrected chi connectivity index (χ3v) is 8.29. The average molecular weight is 566 g/mol. The number of hydrogen-bond acceptors (Lipinski definition) is 3. The summed E-state index contributed by atoms with van der Waals surface area (Å²) < 4.78 is 14.2. The van der Waals surface area contributed by atoms with Gasteiger partial charge in [-0.15, -0.1) is 0 Å². The molecule has 1 aliphatic rings. The van der Waals surface area contributed by atoms with Gasteiger partial charge in [-0.3, -0.25) is 0 Å². The van der Waals surface area contributed by atoms with E-state index < -0.39 is 5.97 Å². The van der Waals surface area contributed by atoms with Crippen LogP contribution >= 0.6 is 11.6 Å². The zero-order chi connectivity index (χ0) is 28.3. The maximum absolute atomic E-state index is 11.6. The standard InChI is InChI=1S/C35H32ClNO4/c1-40-31-16-17-32(23-7-12-28(36)13-8-23)27(20-31)22-41-30-14-9-24(10-15-30)34-21-26-19-25(35(38)39)11-18-33(26)37(34)29-5-3-2-4-6-29/h7-21,29H,2-6,22H2,1H3,(H,38,39). The van der Waals surface area contributed by atoms with Crippen molar-refractivity contribution in [3.63, 3.8) is 0 Å². The Morgan fingerprint density at radius 2 is 1.56 bits per heavy atom. The van der Waals surface area contributed by atoms with Gasteiger partial charge in [-0.1, -0.05) is 49.1 Å². The number of hydrogen-bond donors (Lipinski definition) is 1. The molecular weight excluding hydrogens is 534 g/mol. The van der Waals surface area contributed by atoms with E-state index in [2.05, 4.69) is 22.8 Å². The number of halogens is 1. The quantitative estimate of drug-likeness (QED) is 0.203. The van der Waals surface area contributed by atoms with Crippen molar-refractivity contribution in [3.8, 4) is 33.9 Å². The first kappa shape index (κ1) is 27.0. The summed E-state index contributed by atoms with van der Waals surface area (Å²) in [5.41, 5.74) is 6.74. The lowest BCUT2D eigenvalue weighted by Crippen LogP contribution is -2.13. The number of aromatic nitrogens is 1. The molecule has 0 aliphatic heterocycles. The van der Waals surface area contributed by atoms with Crippen molar-refractivity contribution in [1.82, 2.24) is 4.57 Å². The number of ether oxygens (including phenoxy) is 2. The second-order valence-corrected chi connectivity index (χ2v) is 11.0. The van der Waals surface area contributed by atoms with E-state index in [-0.39, 0.29) is 0 Å². The van der Waals surface area contributed by atoms with Gasteiger partial charge in [-0.05, 0) is 102 Å². The molecule has 0 bridgehead atoms. The van der Waals surface area contributed by atoms with E-state index in [1.165, 1.54) is 19.3 Å². The van der Waals surface area contributed by atoms with Crippen LogP contribution < -0.4 is 9.47 Å². The lowest BCUT2D eigenvalue weighted by Gasteiger charge is -2.26. The van der Waals surface area contributed by atoms with Crippen LogP contribution in [0, 0.1) is 0 Å². The van der Waals surface area contributed by atoms with Crippen LogP contribution in [0.1, 0.15) is 54.1 Å². The third-order valence-electron chi connectivity index (χ3n) is 8.04. The van der Waals surface area contributed by atoms with E-state index in [0.29, 0.717) is 23.2 Å². The van der Waals surface area contributed by atoms with E-state index in [1.54, 1.807) is 19.2 Å². The third kappa shape index (κ3) is 5.68. The molecule has 208 valence electrons. The molecule has 6 heteroatoms. The summed E-state index contributed by atoms with van der Waals surface area (Å²) >= 11 is 6.11. The molecule has 1 N–H and O–H groups in total. The van der Waals surface area contributed by atoms with E-state index in [1.807, 2.05) is 60.7 Å². The van der Waals surface area contributed by atoms with Crippen molar-refractivity contribution in [2.75, 3.05) is 7.11 Å². The number of carboxylic acids is 1. The van der Waals surface area contributed by atoms with Crippen LogP contribution in [0.4, 0.5) is 0 Å². The molecule has 1 heterocycles. The number of aromatic carboxylic acids is 1. The van der Waals surface area contributed by atoms with Crippen LogP contribution in [0.25, 0.3) is 33.3 Å². The average Bonchev–Trinajstić information content (AvgIpc) is 3.40. The molecule has 1 fully saturated rings. The van der Waals surface area contributed by atoms with Gasteiger partial charge in [0.25, 0.3) is 0 Å². The molecule has 41 heavy (non-hydrogen) atoms. The Bertz CT molecular complexity index is 1680. The second-order valence-electron chi connectivity index (χ2n) is 10.6. The first-order valence-electron chi connectivity index (χ1n) is 14.0. The Hall–Kier alpha value is -4.22. The van der Waals surface area contributed by atoms with E-state index in [4.69, 9.17) is 21.1 Å². The highest BCUT2D eigenvalue weighted by Crippen LogP contribution is 2.38. The molecule has 0 radical (unpaired) electrons. The number of benzene rings is 4. The van der Waals surface area contributed by atoms with Crippen LogP contribution in [0.3, 0.4) is 0 Å². The van der Waals surface area contributed by atoms with Crippen molar-refractivity contribution in [2.45, 2.75) is 44.8 Å². The molecule has 0 atom stereocenters. The Labute approximate surface area is 244 Å². The second kappa shape index (κ2) is 11.7. The number of nitrogens with zero attached hydrogens (tertiary/aromatic N) is 1. The van der Waals surface area contributed by atoms with Gasteiger partial charge < -0.3 is 19.1 Å².